The van der Waals surface area contributed by atoms with E-state index in [1.807, 2.05) is 0 Å². The third kappa shape index (κ3) is 2.33. The Hall–Kier alpha value is -1.12. The second-order valence-corrected chi connectivity index (χ2v) is 8.00. The molecule has 0 aromatic carbocycles. The summed E-state index contributed by atoms with van der Waals surface area (Å²) in [7, 11) is 0. The van der Waals surface area contributed by atoms with Crippen molar-refractivity contribution in [2.75, 3.05) is 13.1 Å². The van der Waals surface area contributed by atoms with Crippen molar-refractivity contribution in [3.8, 4) is 6.07 Å². The van der Waals surface area contributed by atoms with Gasteiger partial charge >= 0.3 is 0 Å². The third-order valence-electron chi connectivity index (χ3n) is 6.19. The van der Waals surface area contributed by atoms with E-state index in [4.69, 9.17) is 1.37 Å². The molecule has 5 nitrogen and oxygen atoms in total. The zero-order valence-corrected chi connectivity index (χ0v) is 12.9. The molecule has 1 amide bonds. The Morgan fingerprint density at radius 3 is 2.77 bits per heavy atom. The molecular weight excluding hydrogens is 278 g/mol. The number of rotatable bonds is 3. The molecule has 2 N–H and O–H groups in total. The smallest absolute Gasteiger partial charge is 0.237 e. The number of carbonyl (C=O) groups is 1. The standard InChI is InChI=1S/C17H25N3O2/c18-9-14-2-1-3-20(14)15(21)10-19-16-5-12-4-13(6-16)8-17(22,7-12)11-16/h12-14,19,22H,1-8,10-11H2/t12-,13+,14-,16?,17?/m0/s1/i2D/t2?,12-,13+,14-,16?,17?. The molecule has 3 unspecified atom stereocenters. The first-order valence-corrected chi connectivity index (χ1v) is 8.51. The summed E-state index contributed by atoms with van der Waals surface area (Å²) in [5.74, 6) is 1.09. The summed E-state index contributed by atoms with van der Waals surface area (Å²) in [6.07, 6.45) is 6.03. The van der Waals surface area contributed by atoms with Crippen molar-refractivity contribution >= 4 is 5.91 Å². The van der Waals surface area contributed by atoms with Gasteiger partial charge in [0.05, 0.1) is 18.2 Å². The van der Waals surface area contributed by atoms with E-state index in [1.54, 1.807) is 4.90 Å². The summed E-state index contributed by atoms with van der Waals surface area (Å²) in [4.78, 5) is 14.1. The highest BCUT2D eigenvalue weighted by molar-refractivity contribution is 5.79. The van der Waals surface area contributed by atoms with Gasteiger partial charge in [-0.1, -0.05) is 0 Å². The average molecular weight is 304 g/mol. The van der Waals surface area contributed by atoms with Gasteiger partial charge in [-0.15, -0.1) is 0 Å². The van der Waals surface area contributed by atoms with Gasteiger partial charge < -0.3 is 15.3 Å². The molecule has 0 aromatic heterocycles. The zero-order chi connectivity index (χ0) is 16.2. The molecule has 22 heavy (non-hydrogen) atoms. The molecule has 4 saturated carbocycles. The molecule has 1 saturated heterocycles. The molecule has 0 radical (unpaired) electrons. The van der Waals surface area contributed by atoms with Gasteiger partial charge in [-0.2, -0.15) is 5.26 Å². The van der Waals surface area contributed by atoms with Gasteiger partial charge in [0.1, 0.15) is 6.04 Å². The number of aliphatic hydroxyl groups is 1. The number of hydrogen-bond acceptors (Lipinski definition) is 4. The highest BCUT2D eigenvalue weighted by Gasteiger charge is 2.57. The summed E-state index contributed by atoms with van der Waals surface area (Å²) >= 11 is 0. The second kappa shape index (κ2) is 4.94. The maximum atomic E-state index is 12.5. The number of amides is 1. The summed E-state index contributed by atoms with van der Waals surface area (Å²) in [6.45, 7) is 0.732. The van der Waals surface area contributed by atoms with E-state index in [-0.39, 0.29) is 18.0 Å². The molecule has 120 valence electrons. The minimum absolute atomic E-state index is 0.0750. The fourth-order valence-electron chi connectivity index (χ4n) is 5.83. The highest BCUT2D eigenvalue weighted by atomic mass is 16.3. The molecule has 1 heterocycles. The minimum Gasteiger partial charge on any atom is -0.390 e. The van der Waals surface area contributed by atoms with Crippen LogP contribution in [0.25, 0.3) is 0 Å². The van der Waals surface area contributed by atoms with Crippen molar-refractivity contribution in [2.45, 2.75) is 68.5 Å². The van der Waals surface area contributed by atoms with Crippen LogP contribution in [-0.2, 0) is 4.79 Å². The average Bonchev–Trinajstić information content (AvgIpc) is 2.83. The number of likely N-dealkylation sites (tertiary alicyclic amines) is 1. The van der Waals surface area contributed by atoms with Crippen LogP contribution in [0.3, 0.4) is 0 Å². The lowest BCUT2D eigenvalue weighted by molar-refractivity contribution is -0.147. The van der Waals surface area contributed by atoms with E-state index in [9.17, 15) is 15.2 Å². The first-order chi connectivity index (χ1) is 10.9. The normalized spacial score (nSPS) is 50.0. The van der Waals surface area contributed by atoms with Gasteiger partial charge in [-0.05, 0) is 63.2 Å². The first-order valence-electron chi connectivity index (χ1n) is 9.08. The minimum atomic E-state index is -0.607. The van der Waals surface area contributed by atoms with Crippen molar-refractivity contribution in [3.63, 3.8) is 0 Å². The van der Waals surface area contributed by atoms with Crippen LogP contribution >= 0.6 is 0 Å². The fraction of sp³-hybridized carbons (Fsp3) is 0.882. The molecule has 5 aliphatic rings. The van der Waals surface area contributed by atoms with Gasteiger partial charge in [0.25, 0.3) is 0 Å². The van der Waals surface area contributed by atoms with Crippen LogP contribution in [0.5, 0.6) is 0 Å². The van der Waals surface area contributed by atoms with Gasteiger partial charge in [0.15, 0.2) is 0 Å². The Labute approximate surface area is 133 Å². The summed E-state index contributed by atoms with van der Waals surface area (Å²) in [5, 5.41) is 23.4. The van der Waals surface area contributed by atoms with Crippen molar-refractivity contribution in [1.82, 2.24) is 10.2 Å². The number of nitriles is 1. The van der Waals surface area contributed by atoms with Crippen LogP contribution in [0.4, 0.5) is 0 Å². The van der Waals surface area contributed by atoms with Crippen molar-refractivity contribution in [3.05, 3.63) is 0 Å². The summed E-state index contributed by atoms with van der Waals surface area (Å²) < 4.78 is 7.84. The molecule has 1 aliphatic heterocycles. The van der Waals surface area contributed by atoms with Crippen LogP contribution in [0.1, 0.15) is 52.7 Å². The van der Waals surface area contributed by atoms with Gasteiger partial charge in [0.2, 0.25) is 5.91 Å². The molecule has 5 heteroatoms. The lowest BCUT2D eigenvalue weighted by Crippen LogP contribution is -2.65. The van der Waals surface area contributed by atoms with Crippen molar-refractivity contribution in [2.24, 2.45) is 11.8 Å². The first kappa shape index (κ1) is 13.3. The SMILES string of the molecule is [2H]C1CCN(C(=O)CNC23C[C@@H]4C[C@@H](CC(O)(C4)C2)C3)[C@@H]1C#N. The van der Waals surface area contributed by atoms with Crippen LogP contribution < -0.4 is 5.32 Å². The quantitative estimate of drug-likeness (QED) is 0.821. The van der Waals surface area contributed by atoms with Gasteiger partial charge in [-0.3, -0.25) is 4.79 Å². The second-order valence-electron chi connectivity index (χ2n) is 8.00. The number of hydrogen-bond donors (Lipinski definition) is 2. The van der Waals surface area contributed by atoms with Gasteiger partial charge in [0, 0.05) is 13.5 Å². The van der Waals surface area contributed by atoms with E-state index < -0.39 is 18.0 Å². The van der Waals surface area contributed by atoms with E-state index in [0.29, 0.717) is 24.8 Å². The highest BCUT2D eigenvalue weighted by Crippen LogP contribution is 2.57. The monoisotopic (exact) mass is 304 g/mol. The van der Waals surface area contributed by atoms with E-state index in [1.165, 1.54) is 6.42 Å². The number of nitrogens with one attached hydrogen (secondary N) is 1. The molecule has 0 spiro atoms. The maximum Gasteiger partial charge on any atom is 0.237 e. The predicted molar refractivity (Wildman–Crippen MR) is 80.7 cm³/mol. The lowest BCUT2D eigenvalue weighted by atomic mass is 9.51. The predicted octanol–water partition coefficient (Wildman–Crippen LogP) is 1.17. The summed E-state index contributed by atoms with van der Waals surface area (Å²) in [5.41, 5.74) is -0.633. The number of carbonyl (C=O) groups excluding carboxylic acids is 1. The largest absolute Gasteiger partial charge is 0.390 e. The van der Waals surface area contributed by atoms with Crippen LogP contribution in [0, 0.1) is 23.2 Å². The van der Waals surface area contributed by atoms with Crippen molar-refractivity contribution < 1.29 is 11.3 Å². The lowest BCUT2D eigenvalue weighted by Gasteiger charge is -2.60. The Balaban J connectivity index is 1.41. The van der Waals surface area contributed by atoms with Gasteiger partial charge in [-0.25, -0.2) is 0 Å². The fourth-order valence-corrected chi connectivity index (χ4v) is 5.83. The molecule has 0 aromatic rings. The molecule has 6 atom stereocenters. The van der Waals surface area contributed by atoms with E-state index in [2.05, 4.69) is 11.4 Å². The van der Waals surface area contributed by atoms with E-state index >= 15 is 0 Å². The van der Waals surface area contributed by atoms with Crippen LogP contribution in [0.15, 0.2) is 0 Å². The number of nitrogens with zero attached hydrogens (tertiary/aromatic N) is 2. The Bertz CT molecular complexity index is 547. The molecule has 5 rings (SSSR count). The molecule has 4 aliphatic carbocycles. The van der Waals surface area contributed by atoms with Crippen LogP contribution in [-0.4, -0.2) is 46.2 Å². The van der Waals surface area contributed by atoms with Crippen LogP contribution in [0.2, 0.25) is 0 Å². The Kier molecular flexibility index (Phi) is 2.99. The zero-order valence-electron chi connectivity index (χ0n) is 13.9. The molecular formula is C17H25N3O2. The molecule has 5 fully saturated rings. The van der Waals surface area contributed by atoms with Crippen molar-refractivity contribution in [1.29, 1.82) is 5.26 Å². The Morgan fingerprint density at radius 2 is 2.14 bits per heavy atom. The summed E-state index contributed by atoms with van der Waals surface area (Å²) in [6, 6.07) is 1.49. The topological polar surface area (TPSA) is 76.4 Å². The van der Waals surface area contributed by atoms with E-state index in [0.717, 1.165) is 32.1 Å². The molecule has 4 bridgehead atoms. The maximum absolute atomic E-state index is 12.5. The third-order valence-corrected chi connectivity index (χ3v) is 6.19. The Morgan fingerprint density at radius 1 is 1.41 bits per heavy atom.